The van der Waals surface area contributed by atoms with Gasteiger partial charge >= 0.3 is 6.09 Å². The molecule has 10 nitrogen and oxygen atoms in total. The van der Waals surface area contributed by atoms with Crippen molar-refractivity contribution in [2.45, 2.75) is 25.7 Å². The average Bonchev–Trinajstić information content (AvgIpc) is 2.90. The van der Waals surface area contributed by atoms with Gasteiger partial charge in [0.15, 0.2) is 5.79 Å². The summed E-state index contributed by atoms with van der Waals surface area (Å²) in [6.07, 6.45) is 0.201. The van der Waals surface area contributed by atoms with E-state index in [0.717, 1.165) is 11.8 Å². The summed E-state index contributed by atoms with van der Waals surface area (Å²) < 4.78 is 28.6. The highest BCUT2D eigenvalue weighted by Gasteiger charge is 2.33. The van der Waals surface area contributed by atoms with Crippen molar-refractivity contribution in [3.8, 4) is 0 Å². The quantitative estimate of drug-likeness (QED) is 0.287. The van der Waals surface area contributed by atoms with Crippen molar-refractivity contribution in [2.75, 3.05) is 40.6 Å². The first-order valence-corrected chi connectivity index (χ1v) is 9.48. The molecule has 0 bridgehead atoms. The lowest BCUT2D eigenvalue weighted by Crippen LogP contribution is -2.33. The lowest BCUT2D eigenvalue weighted by atomic mass is 10.4. The molecular formula is C13H23N3O7S2. The number of ether oxygens (including phenoxy) is 2. The second-order valence-corrected chi connectivity index (χ2v) is 7.62. The number of oxime groups is 1. The van der Waals surface area contributed by atoms with Crippen molar-refractivity contribution < 1.29 is 32.3 Å². The topological polar surface area (TPSA) is 107 Å². The van der Waals surface area contributed by atoms with Crippen LogP contribution in [0.2, 0.25) is 0 Å². The lowest BCUT2D eigenvalue weighted by Gasteiger charge is -2.18. The molecule has 25 heavy (non-hydrogen) atoms. The highest BCUT2D eigenvalue weighted by Crippen LogP contribution is 2.22. The Morgan fingerprint density at radius 1 is 1.36 bits per heavy atom. The number of thioether (sulfide) groups is 1. The first kappa shape index (κ1) is 21.8. The Labute approximate surface area is 153 Å². The number of hydrogen-bond donors (Lipinski definition) is 0. The van der Waals surface area contributed by atoms with Gasteiger partial charge in [-0.3, -0.25) is 13.8 Å². The standard InChI is InChI=1S/C13H23N3O7S2/c1-13(2)20-7-9(22-13)8-21-25(19)16(5)12(18)23-14-10(24-6)11(17)15(3)4/h9H,7-8H2,1-6H3/b14-10-. The Morgan fingerprint density at radius 3 is 2.48 bits per heavy atom. The SMILES string of the molecule is CS/C(=N\OC(=O)N(C)S(=O)OCC1COC(C)(C)O1)C(=O)N(C)C. The largest absolute Gasteiger partial charge is 0.449 e. The average molecular weight is 397 g/mol. The van der Waals surface area contributed by atoms with Gasteiger partial charge in [0, 0.05) is 21.1 Å². The van der Waals surface area contributed by atoms with Crippen molar-refractivity contribution >= 4 is 40.1 Å². The second kappa shape index (κ2) is 9.48. The number of amides is 2. The van der Waals surface area contributed by atoms with Crippen LogP contribution in [0.15, 0.2) is 5.16 Å². The van der Waals surface area contributed by atoms with Crippen LogP contribution in [0.1, 0.15) is 13.8 Å². The van der Waals surface area contributed by atoms with Crippen LogP contribution in [0, 0.1) is 0 Å². The summed E-state index contributed by atoms with van der Waals surface area (Å²) in [4.78, 5) is 29.5. The van der Waals surface area contributed by atoms with Gasteiger partial charge in [-0.2, -0.15) is 0 Å². The van der Waals surface area contributed by atoms with Gasteiger partial charge in [0.1, 0.15) is 6.10 Å². The summed E-state index contributed by atoms with van der Waals surface area (Å²) >= 11 is -1.08. The van der Waals surface area contributed by atoms with Crippen molar-refractivity contribution in [1.82, 2.24) is 9.21 Å². The molecule has 0 aromatic rings. The molecule has 1 heterocycles. The van der Waals surface area contributed by atoms with E-state index in [2.05, 4.69) is 9.99 Å². The normalized spacial score (nSPS) is 20.9. The zero-order valence-electron chi connectivity index (χ0n) is 15.0. The van der Waals surface area contributed by atoms with E-state index in [9.17, 15) is 13.8 Å². The maximum Gasteiger partial charge on any atom is 0.449 e. The molecule has 0 aliphatic carbocycles. The molecule has 12 heteroatoms. The fraction of sp³-hybridized carbons (Fsp3) is 0.769. The van der Waals surface area contributed by atoms with Gasteiger partial charge in [-0.05, 0) is 20.1 Å². The fourth-order valence-electron chi connectivity index (χ4n) is 1.61. The van der Waals surface area contributed by atoms with Gasteiger partial charge < -0.3 is 14.4 Å². The zero-order chi connectivity index (χ0) is 19.2. The maximum absolute atomic E-state index is 11.9. The Bertz CT molecular complexity index is 554. The monoisotopic (exact) mass is 397 g/mol. The number of carbonyl (C=O) groups excluding carboxylic acids is 2. The number of hydrogen-bond acceptors (Lipinski definition) is 9. The first-order chi connectivity index (χ1) is 11.6. The summed E-state index contributed by atoms with van der Waals surface area (Å²) in [5.74, 6) is -1.14. The molecule has 2 amide bonds. The molecule has 1 saturated heterocycles. The van der Waals surface area contributed by atoms with E-state index in [1.54, 1.807) is 34.2 Å². The molecule has 1 rings (SSSR count). The first-order valence-electron chi connectivity index (χ1n) is 7.22. The number of rotatable bonds is 5. The molecule has 0 aromatic carbocycles. The molecular weight excluding hydrogens is 374 g/mol. The molecule has 0 aromatic heterocycles. The van der Waals surface area contributed by atoms with Crippen LogP contribution in [-0.4, -0.2) is 83.0 Å². The van der Waals surface area contributed by atoms with Crippen LogP contribution in [-0.2, 0) is 34.6 Å². The van der Waals surface area contributed by atoms with Crippen LogP contribution >= 0.6 is 11.8 Å². The van der Waals surface area contributed by atoms with Gasteiger partial charge in [0.2, 0.25) is 5.04 Å². The highest BCUT2D eigenvalue weighted by molar-refractivity contribution is 8.15. The number of nitrogens with zero attached hydrogens (tertiary/aromatic N) is 3. The third kappa shape index (κ3) is 6.90. The van der Waals surface area contributed by atoms with Gasteiger partial charge in [-0.15, -0.1) is 11.8 Å². The lowest BCUT2D eigenvalue weighted by molar-refractivity contribution is -0.141. The van der Waals surface area contributed by atoms with E-state index in [0.29, 0.717) is 10.9 Å². The maximum atomic E-state index is 11.9. The molecule has 1 fully saturated rings. The van der Waals surface area contributed by atoms with Crippen molar-refractivity contribution in [1.29, 1.82) is 0 Å². The van der Waals surface area contributed by atoms with Crippen molar-refractivity contribution in [3.63, 3.8) is 0 Å². The third-order valence-corrected chi connectivity index (χ3v) is 4.46. The van der Waals surface area contributed by atoms with E-state index in [1.165, 1.54) is 11.9 Å². The van der Waals surface area contributed by atoms with Gasteiger partial charge in [-0.25, -0.2) is 13.3 Å². The Hall–Kier alpha value is -1.21. The molecule has 0 radical (unpaired) electrons. The van der Waals surface area contributed by atoms with Crippen LogP contribution in [0.5, 0.6) is 0 Å². The molecule has 0 spiro atoms. The molecule has 2 atom stereocenters. The van der Waals surface area contributed by atoms with E-state index in [1.807, 2.05) is 0 Å². The summed E-state index contributed by atoms with van der Waals surface area (Å²) in [6.45, 7) is 3.78. The van der Waals surface area contributed by atoms with Crippen LogP contribution in [0.3, 0.4) is 0 Å². The Morgan fingerprint density at radius 2 is 2.00 bits per heavy atom. The molecule has 0 saturated carbocycles. The summed E-state index contributed by atoms with van der Waals surface area (Å²) in [6, 6.07) is 0. The van der Waals surface area contributed by atoms with E-state index >= 15 is 0 Å². The molecule has 2 unspecified atom stereocenters. The summed E-state index contributed by atoms with van der Waals surface area (Å²) in [5, 5.41) is 3.47. The molecule has 144 valence electrons. The zero-order valence-corrected chi connectivity index (χ0v) is 16.6. The minimum atomic E-state index is -2.10. The minimum Gasteiger partial charge on any atom is -0.348 e. The molecule has 0 N–H and O–H groups in total. The fourth-order valence-corrected chi connectivity index (χ4v) is 2.66. The Kier molecular flexibility index (Phi) is 8.28. The minimum absolute atomic E-state index is 0.0165. The summed E-state index contributed by atoms with van der Waals surface area (Å²) in [7, 11) is 4.30. The van der Waals surface area contributed by atoms with Gasteiger partial charge in [-0.1, -0.05) is 5.16 Å². The van der Waals surface area contributed by atoms with E-state index in [-0.39, 0.29) is 17.8 Å². The predicted molar refractivity (Wildman–Crippen MR) is 92.9 cm³/mol. The van der Waals surface area contributed by atoms with Crippen LogP contribution in [0.4, 0.5) is 4.79 Å². The van der Waals surface area contributed by atoms with Crippen molar-refractivity contribution in [2.24, 2.45) is 5.16 Å². The van der Waals surface area contributed by atoms with Gasteiger partial charge in [0.25, 0.3) is 17.2 Å². The van der Waals surface area contributed by atoms with E-state index in [4.69, 9.17) is 13.7 Å². The van der Waals surface area contributed by atoms with Gasteiger partial charge in [0.05, 0.1) is 13.2 Å². The van der Waals surface area contributed by atoms with Crippen LogP contribution in [0.25, 0.3) is 0 Å². The second-order valence-electron chi connectivity index (χ2n) is 5.61. The smallest absolute Gasteiger partial charge is 0.348 e. The number of carbonyl (C=O) groups is 2. The molecule has 1 aliphatic rings. The van der Waals surface area contributed by atoms with Crippen LogP contribution < -0.4 is 0 Å². The highest BCUT2D eigenvalue weighted by atomic mass is 32.2. The summed E-state index contributed by atoms with van der Waals surface area (Å²) in [5.41, 5.74) is 0. The van der Waals surface area contributed by atoms with Crippen molar-refractivity contribution in [3.05, 3.63) is 0 Å². The third-order valence-electron chi connectivity index (χ3n) is 2.89. The van der Waals surface area contributed by atoms with E-state index < -0.39 is 29.1 Å². The molecule has 1 aliphatic heterocycles. The predicted octanol–water partition coefficient (Wildman–Crippen LogP) is 0.566. The Balaban J connectivity index is 2.49.